The molecule has 0 aromatic heterocycles. The molecular formula is C11H13NO. The van der Waals surface area contributed by atoms with Crippen LogP contribution in [0, 0.1) is 0 Å². The maximum absolute atomic E-state index is 11.8. The van der Waals surface area contributed by atoms with Gasteiger partial charge in [-0.3, -0.25) is 4.79 Å². The Balaban J connectivity index is 2.12. The molecule has 0 atom stereocenters. The Hall–Kier alpha value is -1.31. The van der Waals surface area contributed by atoms with Crippen LogP contribution in [0.1, 0.15) is 23.2 Å². The highest BCUT2D eigenvalue weighted by atomic mass is 16.2. The van der Waals surface area contributed by atoms with Crippen molar-refractivity contribution in [3.05, 3.63) is 35.9 Å². The van der Waals surface area contributed by atoms with Crippen molar-refractivity contribution >= 4 is 5.91 Å². The predicted octanol–water partition coefficient (Wildman–Crippen LogP) is 1.92. The van der Waals surface area contributed by atoms with E-state index in [1.54, 1.807) is 0 Å². The van der Waals surface area contributed by atoms with E-state index in [0.29, 0.717) is 6.04 Å². The number of hydrogen-bond acceptors (Lipinski definition) is 1. The Bertz CT molecular complexity index is 303. The van der Waals surface area contributed by atoms with Gasteiger partial charge in [0.15, 0.2) is 0 Å². The summed E-state index contributed by atoms with van der Waals surface area (Å²) in [5, 5.41) is 0. The van der Waals surface area contributed by atoms with Gasteiger partial charge in [0.05, 0.1) is 0 Å². The van der Waals surface area contributed by atoms with Crippen LogP contribution in [0.4, 0.5) is 0 Å². The minimum absolute atomic E-state index is 0.142. The summed E-state index contributed by atoms with van der Waals surface area (Å²) in [5.41, 5.74) is 0.789. The van der Waals surface area contributed by atoms with Gasteiger partial charge in [-0.15, -0.1) is 0 Å². The van der Waals surface area contributed by atoms with Gasteiger partial charge < -0.3 is 4.90 Å². The molecule has 1 aromatic carbocycles. The zero-order chi connectivity index (χ0) is 9.26. The molecule has 1 aromatic rings. The molecule has 0 spiro atoms. The summed E-state index contributed by atoms with van der Waals surface area (Å²) in [5.74, 6) is 0.142. The molecule has 2 heteroatoms. The molecule has 0 bridgehead atoms. The molecule has 1 fully saturated rings. The van der Waals surface area contributed by atoms with Crippen LogP contribution in [-0.2, 0) is 0 Å². The van der Waals surface area contributed by atoms with E-state index in [1.165, 1.54) is 0 Å². The van der Waals surface area contributed by atoms with E-state index in [0.717, 1.165) is 18.4 Å². The van der Waals surface area contributed by atoms with Crippen molar-refractivity contribution in [2.24, 2.45) is 0 Å². The molecule has 2 rings (SSSR count). The van der Waals surface area contributed by atoms with Gasteiger partial charge in [-0.2, -0.15) is 0 Å². The lowest BCUT2D eigenvalue weighted by Crippen LogP contribution is -2.28. The van der Waals surface area contributed by atoms with E-state index in [1.807, 2.05) is 42.3 Å². The summed E-state index contributed by atoms with van der Waals surface area (Å²) < 4.78 is 0. The average Bonchev–Trinajstić information content (AvgIpc) is 3.00. The van der Waals surface area contributed by atoms with Gasteiger partial charge in [0, 0.05) is 18.7 Å². The van der Waals surface area contributed by atoms with E-state index >= 15 is 0 Å². The second-order valence-electron chi connectivity index (χ2n) is 3.51. The predicted molar refractivity (Wildman–Crippen MR) is 51.6 cm³/mol. The van der Waals surface area contributed by atoms with E-state index in [4.69, 9.17) is 0 Å². The maximum atomic E-state index is 11.8. The fraction of sp³-hybridized carbons (Fsp3) is 0.364. The molecule has 0 radical (unpaired) electrons. The van der Waals surface area contributed by atoms with Crippen LogP contribution >= 0.6 is 0 Å². The first-order valence-electron chi connectivity index (χ1n) is 4.61. The fourth-order valence-electron chi connectivity index (χ4n) is 1.41. The highest BCUT2D eigenvalue weighted by Crippen LogP contribution is 2.26. The molecule has 1 saturated carbocycles. The number of nitrogens with zero attached hydrogens (tertiary/aromatic N) is 1. The molecule has 2 nitrogen and oxygen atoms in total. The largest absolute Gasteiger partial charge is 0.339 e. The third-order valence-corrected chi connectivity index (χ3v) is 2.44. The fourth-order valence-corrected chi connectivity index (χ4v) is 1.41. The monoisotopic (exact) mass is 175 g/mol. The Kier molecular flexibility index (Phi) is 2.05. The van der Waals surface area contributed by atoms with Crippen molar-refractivity contribution in [2.45, 2.75) is 18.9 Å². The topological polar surface area (TPSA) is 20.3 Å². The first kappa shape index (κ1) is 8.30. The average molecular weight is 175 g/mol. The summed E-state index contributed by atoms with van der Waals surface area (Å²) >= 11 is 0. The van der Waals surface area contributed by atoms with Gasteiger partial charge in [0.1, 0.15) is 0 Å². The maximum Gasteiger partial charge on any atom is 0.253 e. The molecule has 0 aliphatic heterocycles. The number of benzene rings is 1. The van der Waals surface area contributed by atoms with Crippen molar-refractivity contribution in [3.63, 3.8) is 0 Å². The van der Waals surface area contributed by atoms with Crippen molar-refractivity contribution in [1.29, 1.82) is 0 Å². The standard InChI is InChI=1S/C11H13NO/c1-12(10-7-8-10)11(13)9-5-3-2-4-6-9/h2-6,10H,7-8H2,1H3. The molecule has 1 aliphatic carbocycles. The van der Waals surface area contributed by atoms with E-state index in [9.17, 15) is 4.79 Å². The molecule has 0 heterocycles. The van der Waals surface area contributed by atoms with Crippen LogP contribution in [-0.4, -0.2) is 23.9 Å². The molecule has 13 heavy (non-hydrogen) atoms. The molecule has 1 aliphatic rings. The summed E-state index contributed by atoms with van der Waals surface area (Å²) in [6, 6.07) is 9.94. The van der Waals surface area contributed by atoms with Crippen molar-refractivity contribution < 1.29 is 4.79 Å². The van der Waals surface area contributed by atoms with E-state index in [2.05, 4.69) is 0 Å². The van der Waals surface area contributed by atoms with E-state index in [-0.39, 0.29) is 5.91 Å². The second kappa shape index (κ2) is 3.21. The Morgan fingerprint density at radius 2 is 1.92 bits per heavy atom. The second-order valence-corrected chi connectivity index (χ2v) is 3.51. The van der Waals surface area contributed by atoms with Crippen LogP contribution in [0.5, 0.6) is 0 Å². The molecule has 68 valence electrons. The normalized spacial score (nSPS) is 15.5. The molecule has 0 saturated heterocycles. The molecular weight excluding hydrogens is 162 g/mol. The van der Waals surface area contributed by atoms with Crippen LogP contribution in [0.2, 0.25) is 0 Å². The van der Waals surface area contributed by atoms with Gasteiger partial charge in [-0.25, -0.2) is 0 Å². The Morgan fingerprint density at radius 1 is 1.31 bits per heavy atom. The number of hydrogen-bond donors (Lipinski definition) is 0. The third-order valence-electron chi connectivity index (χ3n) is 2.44. The summed E-state index contributed by atoms with van der Waals surface area (Å²) in [6.45, 7) is 0. The van der Waals surface area contributed by atoms with Crippen LogP contribution in [0.25, 0.3) is 0 Å². The van der Waals surface area contributed by atoms with Gasteiger partial charge in [-0.05, 0) is 25.0 Å². The minimum Gasteiger partial charge on any atom is -0.339 e. The molecule has 0 N–H and O–H groups in total. The zero-order valence-corrected chi connectivity index (χ0v) is 7.73. The van der Waals surface area contributed by atoms with Crippen molar-refractivity contribution in [2.75, 3.05) is 7.05 Å². The summed E-state index contributed by atoms with van der Waals surface area (Å²) in [4.78, 5) is 13.6. The van der Waals surface area contributed by atoms with Gasteiger partial charge in [0.2, 0.25) is 0 Å². The minimum atomic E-state index is 0.142. The summed E-state index contributed by atoms with van der Waals surface area (Å²) in [6.07, 6.45) is 2.32. The summed E-state index contributed by atoms with van der Waals surface area (Å²) in [7, 11) is 1.88. The highest BCUT2D eigenvalue weighted by molar-refractivity contribution is 5.94. The first-order chi connectivity index (χ1) is 6.29. The number of amides is 1. The van der Waals surface area contributed by atoms with Crippen LogP contribution < -0.4 is 0 Å². The van der Waals surface area contributed by atoms with E-state index < -0.39 is 0 Å². The van der Waals surface area contributed by atoms with Gasteiger partial charge in [-0.1, -0.05) is 18.2 Å². The Labute approximate surface area is 78.2 Å². The van der Waals surface area contributed by atoms with Crippen LogP contribution in [0.15, 0.2) is 30.3 Å². The first-order valence-corrected chi connectivity index (χ1v) is 4.61. The van der Waals surface area contributed by atoms with Crippen molar-refractivity contribution in [3.8, 4) is 0 Å². The highest BCUT2D eigenvalue weighted by Gasteiger charge is 2.29. The Morgan fingerprint density at radius 3 is 2.46 bits per heavy atom. The lowest BCUT2D eigenvalue weighted by Gasteiger charge is -2.15. The quantitative estimate of drug-likeness (QED) is 0.672. The number of carbonyl (C=O) groups is 1. The van der Waals surface area contributed by atoms with Crippen molar-refractivity contribution in [1.82, 2.24) is 4.90 Å². The van der Waals surface area contributed by atoms with Crippen LogP contribution in [0.3, 0.4) is 0 Å². The third kappa shape index (κ3) is 1.72. The molecule has 1 amide bonds. The van der Waals surface area contributed by atoms with Gasteiger partial charge >= 0.3 is 0 Å². The molecule has 0 unspecified atom stereocenters. The lowest BCUT2D eigenvalue weighted by molar-refractivity contribution is 0.0785. The zero-order valence-electron chi connectivity index (χ0n) is 7.73. The smallest absolute Gasteiger partial charge is 0.253 e. The number of carbonyl (C=O) groups excluding carboxylic acids is 1. The number of rotatable bonds is 2. The lowest BCUT2D eigenvalue weighted by atomic mass is 10.2. The van der Waals surface area contributed by atoms with Gasteiger partial charge in [0.25, 0.3) is 5.91 Å². The SMILES string of the molecule is CN(C(=O)c1ccccc1)C1CC1.